The molecule has 6 nitrogen and oxygen atoms in total. The van der Waals surface area contributed by atoms with Crippen LogP contribution in [0.4, 0.5) is 0 Å². The fraction of sp³-hybridized carbons (Fsp3) is 0.692. The molecule has 0 unspecified atom stereocenters. The van der Waals surface area contributed by atoms with Crippen molar-refractivity contribution < 1.29 is 19.2 Å². The number of hydrogen-bond donors (Lipinski definition) is 2. The first-order valence-electron chi connectivity index (χ1n) is 6.58. The highest BCUT2D eigenvalue weighted by Gasteiger charge is 2.21. The van der Waals surface area contributed by atoms with Crippen molar-refractivity contribution in [3.05, 3.63) is 0 Å². The zero-order chi connectivity index (χ0) is 16.4. The molecule has 0 heterocycles. The van der Waals surface area contributed by atoms with E-state index in [4.69, 9.17) is 0 Å². The van der Waals surface area contributed by atoms with Gasteiger partial charge in [-0.05, 0) is 0 Å². The van der Waals surface area contributed by atoms with Crippen LogP contribution in [0, 0.1) is 5.92 Å². The molecular formula is C13H22N2O4S2. The molecule has 0 bridgehead atoms. The summed E-state index contributed by atoms with van der Waals surface area (Å²) in [4.78, 5) is 45.4. The summed E-state index contributed by atoms with van der Waals surface area (Å²) in [5, 5.41) is 5.13. The van der Waals surface area contributed by atoms with Crippen LogP contribution in [0.2, 0.25) is 0 Å². The van der Waals surface area contributed by atoms with E-state index in [9.17, 15) is 19.2 Å². The Morgan fingerprint density at radius 2 is 1.67 bits per heavy atom. The number of rotatable bonds is 8. The van der Waals surface area contributed by atoms with Crippen LogP contribution in [-0.2, 0) is 19.2 Å². The monoisotopic (exact) mass is 334 g/mol. The second kappa shape index (κ2) is 10.7. The lowest BCUT2D eigenvalue weighted by Gasteiger charge is -2.17. The van der Waals surface area contributed by atoms with Crippen LogP contribution in [-0.4, -0.2) is 46.1 Å². The molecule has 0 saturated heterocycles. The van der Waals surface area contributed by atoms with Crippen molar-refractivity contribution in [2.24, 2.45) is 5.92 Å². The predicted molar refractivity (Wildman–Crippen MR) is 86.1 cm³/mol. The molecule has 0 aliphatic rings. The number of carbonyl (C=O) groups excluding carboxylic acids is 4. The van der Waals surface area contributed by atoms with Crippen LogP contribution in [0.5, 0.6) is 0 Å². The minimum atomic E-state index is -0.752. The largest absolute Gasteiger partial charge is 0.353 e. The average Bonchev–Trinajstić information content (AvgIpc) is 2.37. The van der Waals surface area contributed by atoms with Crippen molar-refractivity contribution in [2.75, 3.05) is 18.1 Å². The molecular weight excluding hydrogens is 312 g/mol. The Balaban J connectivity index is 4.32. The van der Waals surface area contributed by atoms with Gasteiger partial charge >= 0.3 is 0 Å². The van der Waals surface area contributed by atoms with Crippen molar-refractivity contribution in [1.82, 2.24) is 10.6 Å². The maximum Gasteiger partial charge on any atom is 0.243 e. The number of carbonyl (C=O) groups is 4. The van der Waals surface area contributed by atoms with Gasteiger partial charge in [-0.3, -0.25) is 19.2 Å². The van der Waals surface area contributed by atoms with E-state index in [0.717, 1.165) is 23.5 Å². The maximum absolute atomic E-state index is 12.0. The molecule has 1 atom stereocenters. The molecule has 2 amide bonds. The van der Waals surface area contributed by atoms with Gasteiger partial charge in [0, 0.05) is 37.8 Å². The van der Waals surface area contributed by atoms with Gasteiger partial charge in [-0.15, -0.1) is 0 Å². The first kappa shape index (κ1) is 20.0. The van der Waals surface area contributed by atoms with Gasteiger partial charge in [0.15, 0.2) is 10.2 Å². The van der Waals surface area contributed by atoms with Gasteiger partial charge in [-0.2, -0.15) is 0 Å². The first-order chi connectivity index (χ1) is 9.73. The summed E-state index contributed by atoms with van der Waals surface area (Å²) in [6.07, 6.45) is 0. The first-order valence-corrected chi connectivity index (χ1v) is 8.56. The van der Waals surface area contributed by atoms with Gasteiger partial charge in [0.2, 0.25) is 11.8 Å². The second-order valence-electron chi connectivity index (χ2n) is 4.67. The van der Waals surface area contributed by atoms with Gasteiger partial charge in [0.25, 0.3) is 0 Å². The van der Waals surface area contributed by atoms with Gasteiger partial charge in [0.1, 0.15) is 6.04 Å². The van der Waals surface area contributed by atoms with Crippen molar-refractivity contribution >= 4 is 45.6 Å². The van der Waals surface area contributed by atoms with E-state index in [2.05, 4.69) is 10.6 Å². The van der Waals surface area contributed by atoms with Crippen LogP contribution in [0.1, 0.15) is 27.7 Å². The van der Waals surface area contributed by atoms with E-state index in [0.29, 0.717) is 12.3 Å². The van der Waals surface area contributed by atoms with E-state index in [-0.39, 0.29) is 33.7 Å². The van der Waals surface area contributed by atoms with Crippen LogP contribution in [0.15, 0.2) is 0 Å². The van der Waals surface area contributed by atoms with E-state index in [1.165, 1.54) is 13.8 Å². The van der Waals surface area contributed by atoms with Crippen molar-refractivity contribution in [3.8, 4) is 0 Å². The molecule has 0 radical (unpaired) electrons. The van der Waals surface area contributed by atoms with Crippen LogP contribution in [0.3, 0.4) is 0 Å². The Hall–Kier alpha value is -1.02. The second-order valence-corrected chi connectivity index (χ2v) is 6.97. The normalized spacial score (nSPS) is 11.9. The molecule has 0 aromatic rings. The minimum Gasteiger partial charge on any atom is -0.353 e. The third-order valence-corrected chi connectivity index (χ3v) is 4.33. The zero-order valence-electron chi connectivity index (χ0n) is 12.7. The molecule has 2 N–H and O–H groups in total. The lowest BCUT2D eigenvalue weighted by Crippen LogP contribution is -2.48. The Morgan fingerprint density at radius 3 is 2.14 bits per heavy atom. The summed E-state index contributed by atoms with van der Waals surface area (Å²) in [6.45, 7) is 6.67. The summed E-state index contributed by atoms with van der Waals surface area (Å²) in [5.74, 6) is -0.124. The SMILES string of the molecule is CC(=O)N[C@@H](CSC(=O)C(C)C)C(=O)NCCSC(C)=O. The van der Waals surface area contributed by atoms with E-state index >= 15 is 0 Å². The van der Waals surface area contributed by atoms with Crippen LogP contribution >= 0.6 is 23.5 Å². The third kappa shape index (κ3) is 10.4. The van der Waals surface area contributed by atoms with Gasteiger partial charge in [0.05, 0.1) is 0 Å². The van der Waals surface area contributed by atoms with Crippen molar-refractivity contribution in [3.63, 3.8) is 0 Å². The molecule has 0 rings (SSSR count). The molecule has 21 heavy (non-hydrogen) atoms. The average molecular weight is 334 g/mol. The third-order valence-electron chi connectivity index (χ3n) is 2.26. The van der Waals surface area contributed by atoms with E-state index in [1.807, 2.05) is 0 Å². The van der Waals surface area contributed by atoms with Gasteiger partial charge < -0.3 is 10.6 Å². The fourth-order valence-electron chi connectivity index (χ4n) is 1.25. The molecule has 0 aliphatic heterocycles. The number of thioether (sulfide) groups is 2. The van der Waals surface area contributed by atoms with Crippen LogP contribution < -0.4 is 10.6 Å². The van der Waals surface area contributed by atoms with Gasteiger partial charge in [-0.25, -0.2) is 0 Å². The number of amides is 2. The molecule has 0 aliphatic carbocycles. The van der Waals surface area contributed by atoms with E-state index < -0.39 is 6.04 Å². The highest BCUT2D eigenvalue weighted by molar-refractivity contribution is 8.13. The highest BCUT2D eigenvalue weighted by Crippen LogP contribution is 2.12. The minimum absolute atomic E-state index is 0.0132. The number of hydrogen-bond acceptors (Lipinski definition) is 6. The molecule has 0 aromatic heterocycles. The van der Waals surface area contributed by atoms with Crippen molar-refractivity contribution in [1.29, 1.82) is 0 Å². The van der Waals surface area contributed by atoms with Crippen molar-refractivity contribution in [2.45, 2.75) is 33.7 Å². The summed E-state index contributed by atoms with van der Waals surface area (Å²) in [6, 6.07) is -0.752. The Morgan fingerprint density at radius 1 is 1.05 bits per heavy atom. The molecule has 120 valence electrons. The zero-order valence-corrected chi connectivity index (χ0v) is 14.4. The quantitative estimate of drug-likeness (QED) is 0.638. The maximum atomic E-state index is 12.0. The molecule has 0 saturated carbocycles. The molecule has 8 heteroatoms. The smallest absolute Gasteiger partial charge is 0.243 e. The highest BCUT2D eigenvalue weighted by atomic mass is 32.2. The lowest BCUT2D eigenvalue weighted by molar-refractivity contribution is -0.127. The standard InChI is InChI=1S/C13H22N2O4S2/c1-8(2)13(19)21-7-11(15-9(3)16)12(18)14-5-6-20-10(4)17/h8,11H,5-7H2,1-4H3,(H,14,18)(H,15,16)/t11-/m0/s1. The topological polar surface area (TPSA) is 92.3 Å². The summed E-state index contributed by atoms with van der Waals surface area (Å²) >= 11 is 2.15. The van der Waals surface area contributed by atoms with Gasteiger partial charge in [-0.1, -0.05) is 37.4 Å². The van der Waals surface area contributed by atoms with Crippen LogP contribution in [0.25, 0.3) is 0 Å². The fourth-order valence-corrected chi connectivity index (χ4v) is 2.64. The van der Waals surface area contributed by atoms with E-state index in [1.54, 1.807) is 13.8 Å². The summed E-state index contributed by atoms with van der Waals surface area (Å²) in [5.41, 5.74) is 0. The Bertz CT molecular complexity index is 400. The Labute approximate surface area is 133 Å². The predicted octanol–water partition coefficient (Wildman–Crippen LogP) is 0.803. The molecule has 0 fully saturated rings. The molecule has 0 spiro atoms. The Kier molecular flexibility index (Phi) is 10.2. The number of nitrogens with one attached hydrogen (secondary N) is 2. The molecule has 0 aromatic carbocycles. The lowest BCUT2D eigenvalue weighted by atomic mass is 10.3. The summed E-state index contributed by atoms with van der Waals surface area (Å²) in [7, 11) is 0. The summed E-state index contributed by atoms with van der Waals surface area (Å²) < 4.78 is 0.